The number of halogens is 2. The summed E-state index contributed by atoms with van der Waals surface area (Å²) in [6.45, 7) is 2.92. The second-order valence-electron chi connectivity index (χ2n) is 9.10. The first-order chi connectivity index (χ1) is 16.6. The number of aromatic nitrogens is 5. The van der Waals surface area contributed by atoms with Gasteiger partial charge in [0.15, 0.2) is 5.82 Å². The van der Waals surface area contributed by atoms with Crippen LogP contribution in [-0.4, -0.2) is 57.8 Å². The lowest BCUT2D eigenvalue weighted by molar-refractivity contribution is 0.0388. The third kappa shape index (κ3) is 3.94. The van der Waals surface area contributed by atoms with Gasteiger partial charge in [-0.05, 0) is 48.4 Å². The van der Waals surface area contributed by atoms with Crippen molar-refractivity contribution >= 4 is 23.2 Å². The van der Waals surface area contributed by atoms with Crippen LogP contribution in [0.15, 0.2) is 30.5 Å². The van der Waals surface area contributed by atoms with E-state index in [0.717, 1.165) is 31.6 Å². The second-order valence-corrected chi connectivity index (χ2v) is 9.54. The van der Waals surface area contributed by atoms with Gasteiger partial charge in [0, 0.05) is 30.2 Å². The van der Waals surface area contributed by atoms with Gasteiger partial charge in [0.2, 0.25) is 11.8 Å². The molecule has 2 fully saturated rings. The van der Waals surface area contributed by atoms with Gasteiger partial charge in [0.1, 0.15) is 11.9 Å². The monoisotopic (exact) mass is 485 g/mol. The molecule has 1 saturated carbocycles. The van der Waals surface area contributed by atoms with Gasteiger partial charge in [-0.2, -0.15) is 10.1 Å². The normalized spacial score (nSPS) is 25.8. The van der Waals surface area contributed by atoms with E-state index in [4.69, 9.17) is 31.2 Å². The summed E-state index contributed by atoms with van der Waals surface area (Å²) < 4.78 is 27.0. The van der Waals surface area contributed by atoms with Crippen LogP contribution in [0.25, 0.3) is 0 Å². The minimum atomic E-state index is -0.502. The molecule has 1 aliphatic carbocycles. The molecule has 1 unspecified atom stereocenters. The van der Waals surface area contributed by atoms with E-state index in [9.17, 15) is 4.39 Å². The van der Waals surface area contributed by atoms with Crippen LogP contribution in [0.2, 0.25) is 5.02 Å². The number of nitrogens with one attached hydrogen (secondary N) is 1. The molecule has 34 heavy (non-hydrogen) atoms. The van der Waals surface area contributed by atoms with Crippen LogP contribution in [0, 0.1) is 17.7 Å². The molecule has 11 heteroatoms. The number of benzene rings is 1. The molecular formula is C23H25ClFN7O2. The van der Waals surface area contributed by atoms with E-state index in [1.54, 1.807) is 19.4 Å². The minimum Gasteiger partial charge on any atom is -0.480 e. The first kappa shape index (κ1) is 21.5. The lowest BCUT2D eigenvalue weighted by atomic mass is 9.92. The van der Waals surface area contributed by atoms with E-state index in [1.807, 2.05) is 10.7 Å². The predicted molar refractivity (Wildman–Crippen MR) is 124 cm³/mol. The second kappa shape index (κ2) is 8.66. The van der Waals surface area contributed by atoms with Gasteiger partial charge in [-0.1, -0.05) is 11.6 Å². The Morgan fingerprint density at radius 1 is 1.18 bits per heavy atom. The molecule has 1 N–H and O–H groups in total. The van der Waals surface area contributed by atoms with Gasteiger partial charge < -0.3 is 19.7 Å². The smallest absolute Gasteiger partial charge is 0.242 e. The van der Waals surface area contributed by atoms with E-state index in [-0.39, 0.29) is 0 Å². The van der Waals surface area contributed by atoms with Crippen molar-refractivity contribution in [3.05, 3.63) is 52.7 Å². The summed E-state index contributed by atoms with van der Waals surface area (Å²) in [5.74, 6) is 2.31. The Bertz CT molecular complexity index is 1170. The number of rotatable bonds is 5. The Hall–Kier alpha value is -2.98. The van der Waals surface area contributed by atoms with Crippen molar-refractivity contribution < 1.29 is 13.9 Å². The Morgan fingerprint density at radius 2 is 2.00 bits per heavy atom. The van der Waals surface area contributed by atoms with Gasteiger partial charge in [-0.3, -0.25) is 0 Å². The zero-order valence-electron chi connectivity index (χ0n) is 18.7. The molecule has 3 aromatic rings. The summed E-state index contributed by atoms with van der Waals surface area (Å²) in [7, 11) is 1.60. The number of hydrogen-bond acceptors (Lipinski definition) is 8. The minimum absolute atomic E-state index is 0.292. The molecule has 0 amide bonds. The molecule has 178 valence electrons. The first-order valence-electron chi connectivity index (χ1n) is 11.5. The summed E-state index contributed by atoms with van der Waals surface area (Å²) in [4.78, 5) is 7.12. The summed E-state index contributed by atoms with van der Waals surface area (Å²) in [5, 5.41) is 16.7. The molecule has 4 heterocycles. The van der Waals surface area contributed by atoms with Gasteiger partial charge >= 0.3 is 0 Å². The third-order valence-corrected chi connectivity index (χ3v) is 7.25. The zero-order chi connectivity index (χ0) is 23.2. The first-order valence-corrected chi connectivity index (χ1v) is 11.9. The summed E-state index contributed by atoms with van der Waals surface area (Å²) in [6.07, 6.45) is 3.59. The molecular weight excluding hydrogens is 461 g/mol. The molecule has 4 atom stereocenters. The maximum atomic E-state index is 13.9. The molecule has 0 radical (unpaired) electrons. The van der Waals surface area contributed by atoms with Crippen molar-refractivity contribution in [2.45, 2.75) is 31.5 Å². The van der Waals surface area contributed by atoms with Gasteiger partial charge in [0.05, 0.1) is 32.1 Å². The van der Waals surface area contributed by atoms with E-state index < -0.39 is 11.9 Å². The summed E-state index contributed by atoms with van der Waals surface area (Å²) in [5.41, 5.74) is 1.67. The molecule has 1 aromatic carbocycles. The molecule has 2 aromatic heterocycles. The summed E-state index contributed by atoms with van der Waals surface area (Å²) in [6, 6.07) is 6.66. The quantitative estimate of drug-likeness (QED) is 0.588. The maximum absolute atomic E-state index is 13.9. The van der Waals surface area contributed by atoms with Crippen LogP contribution in [0.4, 0.5) is 16.0 Å². The average Bonchev–Trinajstić information content (AvgIpc) is 3.34. The number of nitrogens with zero attached hydrogens (tertiary/aromatic N) is 6. The SMILES string of the molecule is COc1cc(N2C[C@H]3CC[C@@H](C2)C3Nc2nc3n(n2)CCO[C@H]3c2cc(F)cc(Cl)c2)cnn1. The van der Waals surface area contributed by atoms with E-state index >= 15 is 0 Å². The number of piperidine rings is 1. The van der Waals surface area contributed by atoms with Gasteiger partial charge in [0.25, 0.3) is 0 Å². The van der Waals surface area contributed by atoms with Gasteiger partial charge in [-0.15, -0.1) is 10.2 Å². The van der Waals surface area contributed by atoms with E-state index in [0.29, 0.717) is 59.3 Å². The summed E-state index contributed by atoms with van der Waals surface area (Å²) >= 11 is 6.07. The topological polar surface area (TPSA) is 90.2 Å². The van der Waals surface area contributed by atoms with Crippen molar-refractivity contribution in [1.29, 1.82) is 0 Å². The fraction of sp³-hybridized carbons (Fsp3) is 0.478. The van der Waals surface area contributed by atoms with Crippen molar-refractivity contribution in [2.24, 2.45) is 11.8 Å². The number of ether oxygens (including phenoxy) is 2. The van der Waals surface area contributed by atoms with Crippen molar-refractivity contribution in [2.75, 3.05) is 37.0 Å². The van der Waals surface area contributed by atoms with Crippen LogP contribution >= 0.6 is 11.6 Å². The fourth-order valence-corrected chi connectivity index (χ4v) is 5.74. The number of fused-ring (bicyclic) bond motifs is 3. The molecule has 2 aliphatic heterocycles. The fourth-order valence-electron chi connectivity index (χ4n) is 5.51. The largest absolute Gasteiger partial charge is 0.480 e. The van der Waals surface area contributed by atoms with Gasteiger partial charge in [-0.25, -0.2) is 9.07 Å². The Labute approximate surface area is 201 Å². The number of methoxy groups -OCH3 is 1. The zero-order valence-corrected chi connectivity index (χ0v) is 19.5. The van der Waals surface area contributed by atoms with E-state index in [2.05, 4.69) is 20.4 Å². The highest BCUT2D eigenvalue weighted by Gasteiger charge is 2.43. The molecule has 2 bridgehead atoms. The van der Waals surface area contributed by atoms with Crippen LogP contribution in [0.1, 0.15) is 30.3 Å². The lowest BCUT2D eigenvalue weighted by Crippen LogP contribution is -2.48. The highest BCUT2D eigenvalue weighted by atomic mass is 35.5. The standard InChI is InChI=1S/C23H25ClFN7O2/c1-33-19-9-18(10-26-29-19)31-11-13-2-3-14(12-31)20(13)27-23-28-22-21(34-5-4-32(22)30-23)15-6-16(24)8-17(25)7-15/h6-10,13-14,20-21H,2-5,11-12H2,1H3,(H,27,30)/t13-,14+,20?,21-/m0/s1. The predicted octanol–water partition coefficient (Wildman–Crippen LogP) is 3.32. The molecule has 6 rings (SSSR count). The molecule has 9 nitrogen and oxygen atoms in total. The van der Waals surface area contributed by atoms with E-state index in [1.165, 1.54) is 12.1 Å². The van der Waals surface area contributed by atoms with Crippen molar-refractivity contribution in [3.8, 4) is 5.88 Å². The molecule has 3 aliphatic rings. The van der Waals surface area contributed by atoms with Crippen LogP contribution in [0.3, 0.4) is 0 Å². The van der Waals surface area contributed by atoms with Crippen LogP contribution in [0.5, 0.6) is 5.88 Å². The lowest BCUT2D eigenvalue weighted by Gasteiger charge is -2.39. The Morgan fingerprint density at radius 3 is 2.76 bits per heavy atom. The molecule has 0 spiro atoms. The Kier molecular flexibility index (Phi) is 5.49. The average molecular weight is 486 g/mol. The van der Waals surface area contributed by atoms with Crippen molar-refractivity contribution in [1.82, 2.24) is 25.0 Å². The molecule has 1 saturated heterocycles. The maximum Gasteiger partial charge on any atom is 0.242 e. The van der Waals surface area contributed by atoms with Crippen molar-refractivity contribution in [3.63, 3.8) is 0 Å². The Balaban J connectivity index is 1.20. The number of hydrogen-bond donors (Lipinski definition) is 1. The highest BCUT2D eigenvalue weighted by molar-refractivity contribution is 6.30. The highest BCUT2D eigenvalue weighted by Crippen LogP contribution is 2.40. The van der Waals surface area contributed by atoms with Crippen LogP contribution in [-0.2, 0) is 11.3 Å². The van der Waals surface area contributed by atoms with Crippen LogP contribution < -0.4 is 15.0 Å². The number of anilines is 2. The third-order valence-electron chi connectivity index (χ3n) is 7.03.